The van der Waals surface area contributed by atoms with Crippen LogP contribution in [0.2, 0.25) is 0 Å². The third kappa shape index (κ3) is 3.48. The molecule has 0 amide bonds. The second kappa shape index (κ2) is 8.25. The predicted octanol–water partition coefficient (Wildman–Crippen LogP) is 8.94. The summed E-state index contributed by atoms with van der Waals surface area (Å²) in [6, 6.07) is 42.8. The first-order chi connectivity index (χ1) is 18.1. The molecule has 0 saturated heterocycles. The Balaban J connectivity index is 1.51. The van der Waals surface area contributed by atoms with E-state index in [9.17, 15) is 0 Å². The Bertz CT molecular complexity index is 1780. The largest absolute Gasteiger partial charge is 0.228 e. The molecule has 0 unspecified atom stereocenters. The summed E-state index contributed by atoms with van der Waals surface area (Å²) in [6.07, 6.45) is 0. The second-order valence-electron chi connectivity index (χ2n) is 10.3. The fourth-order valence-electron chi connectivity index (χ4n) is 5.74. The summed E-state index contributed by atoms with van der Waals surface area (Å²) in [5.41, 5.74) is 10.0. The summed E-state index contributed by atoms with van der Waals surface area (Å²) in [4.78, 5) is 10.5. The van der Waals surface area contributed by atoms with Gasteiger partial charge in [-0.3, -0.25) is 0 Å². The Morgan fingerprint density at radius 2 is 1.05 bits per heavy atom. The van der Waals surface area contributed by atoms with Crippen LogP contribution in [0.5, 0.6) is 0 Å². The fourth-order valence-corrected chi connectivity index (χ4v) is 5.74. The molecule has 0 spiro atoms. The molecule has 2 heteroatoms. The van der Waals surface area contributed by atoms with E-state index in [1.54, 1.807) is 0 Å². The van der Waals surface area contributed by atoms with Gasteiger partial charge < -0.3 is 0 Å². The standard InChI is InChI=1S/C35H26N2/c1-35(2)30-22-27-17-10-9-16-26(27)21-29(30)33-31(35)32(24-14-7-4-8-15-24)36-34(37-33)28-19-11-18-25(20-28)23-12-5-3-6-13-23/h3-22H,1-2H3. The highest BCUT2D eigenvalue weighted by Crippen LogP contribution is 2.52. The summed E-state index contributed by atoms with van der Waals surface area (Å²) >= 11 is 0. The van der Waals surface area contributed by atoms with E-state index in [4.69, 9.17) is 9.97 Å². The van der Waals surface area contributed by atoms with Crippen molar-refractivity contribution in [2.45, 2.75) is 19.3 Å². The van der Waals surface area contributed by atoms with E-state index in [0.29, 0.717) is 0 Å². The highest BCUT2D eigenvalue weighted by molar-refractivity contribution is 5.94. The molecule has 1 aliphatic carbocycles. The van der Waals surface area contributed by atoms with Gasteiger partial charge in [-0.15, -0.1) is 0 Å². The maximum atomic E-state index is 5.28. The average Bonchev–Trinajstić information content (AvgIpc) is 3.18. The molecule has 6 aromatic rings. The van der Waals surface area contributed by atoms with Crippen LogP contribution in [0.4, 0.5) is 0 Å². The van der Waals surface area contributed by atoms with Gasteiger partial charge in [0.2, 0.25) is 0 Å². The van der Waals surface area contributed by atoms with E-state index in [0.717, 1.165) is 33.9 Å². The minimum absolute atomic E-state index is 0.218. The lowest BCUT2D eigenvalue weighted by Crippen LogP contribution is -2.17. The van der Waals surface area contributed by atoms with Crippen molar-refractivity contribution < 1.29 is 0 Å². The van der Waals surface area contributed by atoms with Crippen molar-refractivity contribution in [1.29, 1.82) is 0 Å². The van der Waals surface area contributed by atoms with Gasteiger partial charge in [-0.2, -0.15) is 0 Å². The molecule has 0 radical (unpaired) electrons. The van der Waals surface area contributed by atoms with Crippen LogP contribution in [0, 0.1) is 0 Å². The van der Waals surface area contributed by atoms with E-state index >= 15 is 0 Å². The number of hydrogen-bond acceptors (Lipinski definition) is 2. The third-order valence-electron chi connectivity index (χ3n) is 7.62. The molecular weight excluding hydrogens is 448 g/mol. The Morgan fingerprint density at radius 3 is 1.78 bits per heavy atom. The first-order valence-corrected chi connectivity index (χ1v) is 12.8. The summed E-state index contributed by atoms with van der Waals surface area (Å²) in [5, 5.41) is 2.49. The van der Waals surface area contributed by atoms with Crippen LogP contribution in [0.15, 0.2) is 121 Å². The van der Waals surface area contributed by atoms with Gasteiger partial charge in [-0.25, -0.2) is 9.97 Å². The van der Waals surface area contributed by atoms with Crippen molar-refractivity contribution in [2.75, 3.05) is 0 Å². The molecule has 1 aliphatic rings. The molecule has 37 heavy (non-hydrogen) atoms. The van der Waals surface area contributed by atoms with Gasteiger partial charge in [0.15, 0.2) is 5.82 Å². The minimum atomic E-state index is -0.218. The molecular formula is C35H26N2. The van der Waals surface area contributed by atoms with Crippen LogP contribution < -0.4 is 0 Å². The first-order valence-electron chi connectivity index (χ1n) is 12.8. The molecule has 0 atom stereocenters. The fraction of sp³-hybridized carbons (Fsp3) is 0.0857. The summed E-state index contributed by atoms with van der Waals surface area (Å²) in [6.45, 7) is 4.61. The number of hydrogen-bond donors (Lipinski definition) is 0. The molecule has 176 valence electrons. The molecule has 1 aromatic heterocycles. The monoisotopic (exact) mass is 474 g/mol. The van der Waals surface area contributed by atoms with Crippen molar-refractivity contribution in [2.24, 2.45) is 0 Å². The highest BCUT2D eigenvalue weighted by atomic mass is 14.9. The quantitative estimate of drug-likeness (QED) is 0.256. The highest BCUT2D eigenvalue weighted by Gasteiger charge is 2.40. The number of fused-ring (bicyclic) bond motifs is 4. The van der Waals surface area contributed by atoms with Gasteiger partial charge >= 0.3 is 0 Å². The Hall–Kier alpha value is -4.56. The predicted molar refractivity (Wildman–Crippen MR) is 153 cm³/mol. The number of nitrogens with zero attached hydrogens (tertiary/aromatic N) is 2. The van der Waals surface area contributed by atoms with E-state index in [1.165, 1.54) is 33.0 Å². The van der Waals surface area contributed by atoms with Crippen LogP contribution >= 0.6 is 0 Å². The molecule has 0 saturated carbocycles. The van der Waals surface area contributed by atoms with Crippen molar-refractivity contribution in [3.05, 3.63) is 132 Å². The van der Waals surface area contributed by atoms with E-state index in [-0.39, 0.29) is 5.41 Å². The number of aromatic nitrogens is 2. The molecule has 0 fully saturated rings. The molecule has 5 aromatic carbocycles. The van der Waals surface area contributed by atoms with Crippen molar-refractivity contribution in [1.82, 2.24) is 9.97 Å². The van der Waals surface area contributed by atoms with Gasteiger partial charge in [-0.1, -0.05) is 117 Å². The third-order valence-corrected chi connectivity index (χ3v) is 7.62. The molecule has 2 nitrogen and oxygen atoms in total. The Labute approximate surface area is 217 Å². The van der Waals surface area contributed by atoms with Crippen molar-refractivity contribution in [3.8, 4) is 45.0 Å². The smallest absolute Gasteiger partial charge is 0.160 e. The molecule has 0 aliphatic heterocycles. The minimum Gasteiger partial charge on any atom is -0.228 e. The van der Waals surface area contributed by atoms with Gasteiger partial charge in [-0.05, 0) is 45.7 Å². The van der Waals surface area contributed by atoms with Crippen molar-refractivity contribution >= 4 is 10.8 Å². The van der Waals surface area contributed by atoms with Crippen LogP contribution in [0.3, 0.4) is 0 Å². The normalized spacial score (nSPS) is 13.4. The van der Waals surface area contributed by atoms with Gasteiger partial charge in [0.1, 0.15) is 0 Å². The number of rotatable bonds is 3. The van der Waals surface area contributed by atoms with Crippen LogP contribution in [-0.4, -0.2) is 9.97 Å². The summed E-state index contributed by atoms with van der Waals surface area (Å²) in [5.74, 6) is 0.757. The Kier molecular flexibility index (Phi) is 4.84. The van der Waals surface area contributed by atoms with Crippen molar-refractivity contribution in [3.63, 3.8) is 0 Å². The SMILES string of the molecule is CC1(C)c2cc3ccccc3cc2-c2nc(-c3cccc(-c4ccccc4)c3)nc(-c3ccccc3)c21. The van der Waals surface area contributed by atoms with Gasteiger partial charge in [0, 0.05) is 27.7 Å². The average molecular weight is 475 g/mol. The molecule has 0 bridgehead atoms. The lowest BCUT2D eigenvalue weighted by Gasteiger charge is -2.24. The zero-order chi connectivity index (χ0) is 25.0. The van der Waals surface area contributed by atoms with Crippen LogP contribution in [0.25, 0.3) is 55.8 Å². The molecule has 0 N–H and O–H groups in total. The molecule has 7 rings (SSSR count). The zero-order valence-corrected chi connectivity index (χ0v) is 20.9. The lowest BCUT2D eigenvalue weighted by molar-refractivity contribution is 0.658. The number of benzene rings is 5. The topological polar surface area (TPSA) is 25.8 Å². The summed E-state index contributed by atoms with van der Waals surface area (Å²) in [7, 11) is 0. The first kappa shape index (κ1) is 21.7. The Morgan fingerprint density at radius 1 is 0.486 bits per heavy atom. The van der Waals surface area contributed by atoms with Crippen LogP contribution in [0.1, 0.15) is 25.0 Å². The maximum absolute atomic E-state index is 5.28. The van der Waals surface area contributed by atoms with Gasteiger partial charge in [0.05, 0.1) is 11.4 Å². The summed E-state index contributed by atoms with van der Waals surface area (Å²) < 4.78 is 0. The molecule has 1 heterocycles. The lowest BCUT2D eigenvalue weighted by atomic mass is 9.80. The zero-order valence-electron chi connectivity index (χ0n) is 20.9. The van der Waals surface area contributed by atoms with E-state index in [2.05, 4.69) is 129 Å². The maximum Gasteiger partial charge on any atom is 0.160 e. The van der Waals surface area contributed by atoms with E-state index in [1.807, 2.05) is 6.07 Å². The van der Waals surface area contributed by atoms with Crippen LogP contribution in [-0.2, 0) is 5.41 Å². The van der Waals surface area contributed by atoms with E-state index < -0.39 is 0 Å². The van der Waals surface area contributed by atoms with Gasteiger partial charge in [0.25, 0.3) is 0 Å². The second-order valence-corrected chi connectivity index (χ2v) is 10.3.